The van der Waals surface area contributed by atoms with E-state index in [0.29, 0.717) is 11.1 Å². The minimum atomic E-state index is -0.898. The lowest BCUT2D eigenvalue weighted by molar-refractivity contribution is -0.386. The first kappa shape index (κ1) is 31.7. The second-order valence-corrected chi connectivity index (χ2v) is 10.7. The van der Waals surface area contributed by atoms with Crippen molar-refractivity contribution in [1.29, 1.82) is 0 Å². The maximum absolute atomic E-state index is 12.9. The fourth-order valence-electron chi connectivity index (χ4n) is 4.03. The van der Waals surface area contributed by atoms with Crippen molar-refractivity contribution in [3.63, 3.8) is 0 Å². The highest BCUT2D eigenvalue weighted by Crippen LogP contribution is 2.42. The van der Waals surface area contributed by atoms with Gasteiger partial charge in [0.05, 0.1) is 33.1 Å². The van der Waals surface area contributed by atoms with Crippen molar-refractivity contribution in [2.75, 3.05) is 5.73 Å². The smallest absolute Gasteiger partial charge is 0.356 e. The van der Waals surface area contributed by atoms with Crippen LogP contribution in [0.1, 0.15) is 31.8 Å². The number of nitro benzene ring substituents is 1. The van der Waals surface area contributed by atoms with E-state index in [2.05, 4.69) is 35.2 Å². The quantitative estimate of drug-likeness (QED) is 0.0282. The van der Waals surface area contributed by atoms with Crippen molar-refractivity contribution >= 4 is 72.4 Å². The van der Waals surface area contributed by atoms with Gasteiger partial charge in [-0.2, -0.15) is 0 Å². The van der Waals surface area contributed by atoms with E-state index in [-0.39, 0.29) is 16.8 Å². The van der Waals surface area contributed by atoms with Crippen LogP contribution < -0.4 is 15.2 Å². The van der Waals surface area contributed by atoms with E-state index in [9.17, 15) is 19.7 Å². The summed E-state index contributed by atoms with van der Waals surface area (Å²) >= 11 is 8.49. The van der Waals surface area contributed by atoms with Crippen LogP contribution in [0.2, 0.25) is 0 Å². The Balaban J connectivity index is 1.29. The van der Waals surface area contributed by atoms with Crippen LogP contribution in [-0.4, -0.2) is 29.3 Å². The van der Waals surface area contributed by atoms with Gasteiger partial charge in [0.15, 0.2) is 0 Å². The highest BCUT2D eigenvalue weighted by Gasteiger charge is 2.29. The number of thiol groups is 2. The Kier molecular flexibility index (Phi) is 9.90. The van der Waals surface area contributed by atoms with Crippen LogP contribution in [0.15, 0.2) is 129 Å². The lowest BCUT2D eigenvalue weighted by Crippen LogP contribution is -2.14. The first-order valence-electron chi connectivity index (χ1n) is 13.5. The number of anilines is 1. The molecule has 0 fully saturated rings. The van der Waals surface area contributed by atoms with Gasteiger partial charge in [-0.05, 0) is 96.1 Å². The van der Waals surface area contributed by atoms with E-state index >= 15 is 0 Å². The maximum Gasteiger partial charge on any atom is 0.356 e. The average Bonchev–Trinajstić information content (AvgIpc) is 3.06. The number of aliphatic imine (C=N–C) groups is 2. The van der Waals surface area contributed by atoms with Crippen molar-refractivity contribution in [2.45, 2.75) is 9.79 Å². The number of ether oxygens (including phenoxy) is 2. The zero-order valence-corrected chi connectivity index (χ0v) is 25.6. The van der Waals surface area contributed by atoms with Crippen molar-refractivity contribution in [2.24, 2.45) is 9.98 Å². The molecule has 0 aliphatic heterocycles. The average molecular weight is 649 g/mol. The summed E-state index contributed by atoms with van der Waals surface area (Å²) in [5.41, 5.74) is 8.10. The molecule has 46 heavy (non-hydrogen) atoms. The standard InChI is InChI=1S/C34H24N4O6S2/c35-29-17-18-30(43-33(39)23-5-1-21(2-6-23)19-36-25-9-13-27(45)14-10-25)31(38(41)42)32(29)44-34(40)24-7-3-22(4-8-24)20-37-26-11-15-28(46)16-12-26/h1-20,45-46H,35H2. The summed E-state index contributed by atoms with van der Waals surface area (Å²) in [4.78, 5) is 47.5. The van der Waals surface area contributed by atoms with Crippen molar-refractivity contribution < 1.29 is 24.0 Å². The molecule has 5 aromatic carbocycles. The van der Waals surface area contributed by atoms with Crippen molar-refractivity contribution in [3.05, 3.63) is 142 Å². The molecule has 0 heterocycles. The third-order valence-corrected chi connectivity index (χ3v) is 7.02. The molecular weight excluding hydrogens is 625 g/mol. The summed E-state index contributed by atoms with van der Waals surface area (Å²) in [7, 11) is 0. The first-order valence-corrected chi connectivity index (χ1v) is 14.4. The summed E-state index contributed by atoms with van der Waals surface area (Å²) in [5.74, 6) is -2.75. The number of carbonyl (C=O) groups is 2. The molecule has 228 valence electrons. The predicted molar refractivity (Wildman–Crippen MR) is 182 cm³/mol. The Hall–Kier alpha value is -5.72. The minimum Gasteiger partial charge on any atom is -0.415 e. The molecule has 0 aliphatic carbocycles. The summed E-state index contributed by atoms with van der Waals surface area (Å²) in [6, 6.07) is 29.5. The monoisotopic (exact) mass is 648 g/mol. The topological polar surface area (TPSA) is 146 Å². The Morgan fingerprint density at radius 2 is 1.09 bits per heavy atom. The molecule has 0 radical (unpaired) electrons. The molecule has 0 bridgehead atoms. The number of hydrogen-bond donors (Lipinski definition) is 3. The maximum atomic E-state index is 12.9. The number of hydrogen-bond acceptors (Lipinski definition) is 11. The second-order valence-electron chi connectivity index (χ2n) is 9.66. The van der Waals surface area contributed by atoms with Gasteiger partial charge >= 0.3 is 17.6 Å². The highest BCUT2D eigenvalue weighted by atomic mass is 32.1. The summed E-state index contributed by atoms with van der Waals surface area (Å²) in [6.07, 6.45) is 3.24. The van der Waals surface area contributed by atoms with Gasteiger partial charge in [0.2, 0.25) is 11.5 Å². The van der Waals surface area contributed by atoms with Crippen LogP contribution in [0.5, 0.6) is 11.5 Å². The molecule has 5 rings (SSSR count). The molecular formula is C34H24N4O6S2. The number of rotatable bonds is 9. The Bertz CT molecular complexity index is 1960. The number of nitrogen functional groups attached to an aromatic ring is 1. The third-order valence-electron chi connectivity index (χ3n) is 6.42. The van der Waals surface area contributed by atoms with E-state index < -0.39 is 34.0 Å². The zero-order valence-electron chi connectivity index (χ0n) is 23.8. The van der Waals surface area contributed by atoms with Gasteiger partial charge < -0.3 is 15.2 Å². The molecule has 0 spiro atoms. The molecule has 0 saturated heterocycles. The number of nitro groups is 1. The third kappa shape index (κ3) is 8.05. The van der Waals surface area contributed by atoms with Gasteiger partial charge in [-0.3, -0.25) is 20.1 Å². The Labute approximate surface area is 274 Å². The van der Waals surface area contributed by atoms with E-state index in [1.54, 1.807) is 36.7 Å². The molecule has 12 heteroatoms. The number of benzene rings is 5. The molecule has 0 aromatic heterocycles. The SMILES string of the molecule is Nc1ccc(OC(=O)c2ccc(C=Nc3ccc(S)cc3)cc2)c([N+](=O)[O-])c1OC(=O)c1ccc(C=Nc2ccc(S)cc2)cc1. The fourth-order valence-corrected chi connectivity index (χ4v) is 4.33. The van der Waals surface area contributed by atoms with Gasteiger partial charge in [-0.15, -0.1) is 25.3 Å². The van der Waals surface area contributed by atoms with Crippen LogP contribution in [0.4, 0.5) is 22.7 Å². The molecule has 2 N–H and O–H groups in total. The van der Waals surface area contributed by atoms with Crippen molar-refractivity contribution in [1.82, 2.24) is 0 Å². The minimum absolute atomic E-state index is 0.107. The predicted octanol–water partition coefficient (Wildman–Crippen LogP) is 7.69. The summed E-state index contributed by atoms with van der Waals surface area (Å²) < 4.78 is 10.7. The normalized spacial score (nSPS) is 11.1. The van der Waals surface area contributed by atoms with E-state index in [4.69, 9.17) is 15.2 Å². The second kappa shape index (κ2) is 14.4. The summed E-state index contributed by atoms with van der Waals surface area (Å²) in [6.45, 7) is 0. The molecule has 0 saturated carbocycles. The zero-order chi connectivity index (χ0) is 32.6. The van der Waals surface area contributed by atoms with E-state index in [1.165, 1.54) is 30.3 Å². The summed E-state index contributed by atoms with van der Waals surface area (Å²) in [5, 5.41) is 12.1. The lowest BCUT2D eigenvalue weighted by atomic mass is 10.1. The van der Waals surface area contributed by atoms with Crippen molar-refractivity contribution in [3.8, 4) is 11.5 Å². The Morgan fingerprint density at radius 1 is 0.652 bits per heavy atom. The van der Waals surface area contributed by atoms with Crippen LogP contribution in [0, 0.1) is 10.1 Å². The van der Waals surface area contributed by atoms with Gasteiger partial charge in [-0.25, -0.2) is 9.59 Å². The number of nitrogens with zero attached hydrogens (tertiary/aromatic N) is 3. The van der Waals surface area contributed by atoms with E-state index in [1.807, 2.05) is 48.5 Å². The highest BCUT2D eigenvalue weighted by molar-refractivity contribution is 7.80. The fraction of sp³-hybridized carbons (Fsp3) is 0. The lowest BCUT2D eigenvalue weighted by Gasteiger charge is -2.11. The largest absolute Gasteiger partial charge is 0.415 e. The molecule has 10 nitrogen and oxygen atoms in total. The molecule has 0 aliphatic rings. The van der Waals surface area contributed by atoms with Gasteiger partial charge in [0.25, 0.3) is 0 Å². The first-order chi connectivity index (χ1) is 22.2. The number of esters is 2. The van der Waals surface area contributed by atoms with Gasteiger partial charge in [0, 0.05) is 22.2 Å². The number of nitrogens with two attached hydrogens (primary N) is 1. The molecule has 5 aromatic rings. The van der Waals surface area contributed by atoms with Crippen LogP contribution >= 0.6 is 25.3 Å². The van der Waals surface area contributed by atoms with Crippen LogP contribution in [-0.2, 0) is 0 Å². The molecule has 0 unspecified atom stereocenters. The number of carbonyl (C=O) groups excluding carboxylic acids is 2. The molecule has 0 amide bonds. The van der Waals surface area contributed by atoms with Crippen LogP contribution in [0.3, 0.4) is 0 Å². The molecule has 0 atom stereocenters. The van der Waals surface area contributed by atoms with Crippen LogP contribution in [0.25, 0.3) is 0 Å². The van der Waals surface area contributed by atoms with Gasteiger partial charge in [-0.1, -0.05) is 24.3 Å². The van der Waals surface area contributed by atoms with Gasteiger partial charge in [0.1, 0.15) is 0 Å². The Morgan fingerprint density at radius 3 is 1.52 bits per heavy atom. The van der Waals surface area contributed by atoms with E-state index in [0.717, 1.165) is 27.2 Å².